The summed E-state index contributed by atoms with van der Waals surface area (Å²) in [7, 11) is 0.215. The van der Waals surface area contributed by atoms with E-state index in [1.54, 1.807) is 0 Å². The Balaban J connectivity index is 1.81. The second-order valence-electron chi connectivity index (χ2n) is 5.26. The molecule has 0 aliphatic carbocycles. The fourth-order valence-electron chi connectivity index (χ4n) is 2.95. The number of morpholine rings is 1. The van der Waals surface area contributed by atoms with E-state index < -0.39 is 0 Å². The van der Waals surface area contributed by atoms with Gasteiger partial charge in [-0.1, -0.05) is 5.87 Å². The molecule has 2 rings (SSSR count). The number of hydrogen-bond donors (Lipinski definition) is 0. The van der Waals surface area contributed by atoms with Crippen LogP contribution in [0.25, 0.3) is 0 Å². The van der Waals surface area contributed by atoms with E-state index in [1.165, 1.54) is 25.9 Å². The zero-order valence-electron chi connectivity index (χ0n) is 11.2. The number of rotatable bonds is 3. The minimum absolute atomic E-state index is 0.215. The van der Waals surface area contributed by atoms with Gasteiger partial charge in [0.2, 0.25) is 0 Å². The smallest absolute Gasteiger partial charge is 0.0594 e. The molecule has 2 aliphatic rings. The summed E-state index contributed by atoms with van der Waals surface area (Å²) in [5, 5.41) is 0. The second-order valence-corrected chi connectivity index (χ2v) is 6.97. The van der Waals surface area contributed by atoms with Crippen LogP contribution in [0.3, 0.4) is 0 Å². The highest BCUT2D eigenvalue weighted by molar-refractivity contribution is 8.11. The summed E-state index contributed by atoms with van der Waals surface area (Å²) in [5.41, 5.74) is 0. The van der Waals surface area contributed by atoms with Crippen molar-refractivity contribution in [1.29, 1.82) is 0 Å². The Morgan fingerprint density at radius 3 is 2.29 bits per heavy atom. The van der Waals surface area contributed by atoms with Crippen LogP contribution in [0.1, 0.15) is 19.8 Å². The van der Waals surface area contributed by atoms with Crippen molar-refractivity contribution in [1.82, 2.24) is 9.21 Å². The SMILES string of the molecule is C=S(C)N1CCC(C(C)N2CCOCC2)CC1. The third-order valence-electron chi connectivity index (χ3n) is 4.24. The van der Waals surface area contributed by atoms with E-state index in [1.807, 2.05) is 0 Å². The third-order valence-corrected chi connectivity index (χ3v) is 5.49. The summed E-state index contributed by atoms with van der Waals surface area (Å²) < 4.78 is 7.96. The molecule has 4 heteroatoms. The van der Waals surface area contributed by atoms with Gasteiger partial charge in [-0.15, -0.1) is 10.7 Å². The highest BCUT2D eigenvalue weighted by Gasteiger charge is 2.28. The predicted molar refractivity (Wildman–Crippen MR) is 76.8 cm³/mol. The van der Waals surface area contributed by atoms with Gasteiger partial charge in [-0.05, 0) is 31.9 Å². The van der Waals surface area contributed by atoms with E-state index in [4.69, 9.17) is 4.74 Å². The van der Waals surface area contributed by atoms with Crippen molar-refractivity contribution in [3.63, 3.8) is 0 Å². The molecule has 0 radical (unpaired) electrons. The largest absolute Gasteiger partial charge is 0.379 e. The van der Waals surface area contributed by atoms with E-state index in [9.17, 15) is 0 Å². The molecule has 2 aliphatic heterocycles. The fraction of sp³-hybridized carbons (Fsp3) is 0.923. The van der Waals surface area contributed by atoms with Crippen LogP contribution in [0.15, 0.2) is 0 Å². The van der Waals surface area contributed by atoms with Crippen LogP contribution in [-0.2, 0) is 4.74 Å². The molecule has 17 heavy (non-hydrogen) atoms. The molecule has 2 unspecified atom stereocenters. The quantitative estimate of drug-likeness (QED) is 0.716. The first-order valence-electron chi connectivity index (χ1n) is 6.71. The molecule has 0 aromatic rings. The lowest BCUT2D eigenvalue weighted by Crippen LogP contribution is -2.47. The Bertz CT molecular complexity index is 258. The molecular formula is C13H26N2OS. The monoisotopic (exact) mass is 258 g/mol. The summed E-state index contributed by atoms with van der Waals surface area (Å²) in [6.45, 7) is 8.96. The summed E-state index contributed by atoms with van der Waals surface area (Å²) in [6, 6.07) is 0.726. The van der Waals surface area contributed by atoms with Crippen molar-refractivity contribution < 1.29 is 4.74 Å². The molecule has 0 N–H and O–H groups in total. The van der Waals surface area contributed by atoms with Crippen molar-refractivity contribution in [2.24, 2.45) is 5.92 Å². The normalized spacial score (nSPS) is 29.1. The van der Waals surface area contributed by atoms with Crippen LogP contribution in [0, 0.1) is 5.92 Å². The lowest BCUT2D eigenvalue weighted by atomic mass is 9.90. The Morgan fingerprint density at radius 1 is 1.18 bits per heavy atom. The molecule has 0 saturated carbocycles. The topological polar surface area (TPSA) is 15.7 Å². The lowest BCUT2D eigenvalue weighted by Gasteiger charge is -2.41. The molecule has 0 bridgehead atoms. The van der Waals surface area contributed by atoms with Crippen LogP contribution in [0.4, 0.5) is 0 Å². The van der Waals surface area contributed by atoms with Crippen LogP contribution in [0.2, 0.25) is 0 Å². The molecule has 2 saturated heterocycles. The Kier molecular flexibility index (Phi) is 5.03. The van der Waals surface area contributed by atoms with E-state index in [0.29, 0.717) is 0 Å². The van der Waals surface area contributed by atoms with Crippen LogP contribution in [-0.4, -0.2) is 66.8 Å². The first-order valence-corrected chi connectivity index (χ1v) is 8.47. The molecule has 100 valence electrons. The minimum atomic E-state index is 0.215. The van der Waals surface area contributed by atoms with Crippen molar-refractivity contribution in [3.8, 4) is 0 Å². The maximum absolute atomic E-state index is 5.43. The molecule has 0 spiro atoms. The molecule has 2 heterocycles. The summed E-state index contributed by atoms with van der Waals surface area (Å²) in [4.78, 5) is 2.61. The molecule has 3 nitrogen and oxygen atoms in total. The van der Waals surface area contributed by atoms with Gasteiger partial charge in [-0.25, -0.2) is 0 Å². The van der Waals surface area contributed by atoms with Crippen molar-refractivity contribution in [3.05, 3.63) is 0 Å². The highest BCUT2D eigenvalue weighted by Crippen LogP contribution is 2.28. The zero-order chi connectivity index (χ0) is 12.3. The Hall–Kier alpha value is 0.1000. The van der Waals surface area contributed by atoms with Crippen LogP contribution >= 0.6 is 10.7 Å². The molecule has 0 aromatic heterocycles. The van der Waals surface area contributed by atoms with Gasteiger partial charge in [0.15, 0.2) is 0 Å². The van der Waals surface area contributed by atoms with E-state index in [0.717, 1.165) is 38.3 Å². The van der Waals surface area contributed by atoms with E-state index in [-0.39, 0.29) is 10.7 Å². The summed E-state index contributed by atoms with van der Waals surface area (Å²) in [6.07, 6.45) is 4.91. The van der Waals surface area contributed by atoms with Crippen molar-refractivity contribution in [2.75, 3.05) is 45.6 Å². The first kappa shape index (κ1) is 13.5. The average molecular weight is 258 g/mol. The lowest BCUT2D eigenvalue weighted by molar-refractivity contribution is 0.00179. The van der Waals surface area contributed by atoms with Gasteiger partial charge < -0.3 is 4.74 Å². The number of piperidine rings is 1. The fourth-order valence-corrected chi connectivity index (χ4v) is 3.79. The van der Waals surface area contributed by atoms with E-state index in [2.05, 4.69) is 28.3 Å². The first-order chi connectivity index (χ1) is 8.18. The summed E-state index contributed by atoms with van der Waals surface area (Å²) in [5.74, 6) is 5.02. The third kappa shape index (κ3) is 3.53. The molecule has 0 aromatic carbocycles. The predicted octanol–water partition coefficient (Wildman–Crippen LogP) is 1.66. The second kappa shape index (κ2) is 6.32. The van der Waals surface area contributed by atoms with Crippen LogP contribution in [0.5, 0.6) is 0 Å². The standard InChI is InChI=1S/C13H26N2OS/c1-12(14-8-10-16-11-9-14)13-4-6-15(7-5-13)17(2)3/h12-13H,2,4-11H2,1,3H3. The van der Waals surface area contributed by atoms with Gasteiger partial charge in [-0.2, -0.15) is 0 Å². The Labute approximate surface area is 108 Å². The minimum Gasteiger partial charge on any atom is -0.379 e. The number of ether oxygens (including phenoxy) is 1. The van der Waals surface area contributed by atoms with Crippen LogP contribution < -0.4 is 0 Å². The van der Waals surface area contributed by atoms with E-state index >= 15 is 0 Å². The average Bonchev–Trinajstić information content (AvgIpc) is 2.39. The zero-order valence-corrected chi connectivity index (χ0v) is 12.0. The van der Waals surface area contributed by atoms with Gasteiger partial charge >= 0.3 is 0 Å². The van der Waals surface area contributed by atoms with Gasteiger partial charge in [-0.3, -0.25) is 9.21 Å². The Morgan fingerprint density at radius 2 is 1.76 bits per heavy atom. The van der Waals surface area contributed by atoms with Gasteiger partial charge in [0, 0.05) is 32.2 Å². The molecule has 2 atom stereocenters. The van der Waals surface area contributed by atoms with Gasteiger partial charge in [0.25, 0.3) is 0 Å². The molecular weight excluding hydrogens is 232 g/mol. The summed E-state index contributed by atoms with van der Waals surface area (Å²) >= 11 is 0. The van der Waals surface area contributed by atoms with Gasteiger partial charge in [0.05, 0.1) is 13.2 Å². The maximum atomic E-state index is 5.43. The maximum Gasteiger partial charge on any atom is 0.0594 e. The highest BCUT2D eigenvalue weighted by atomic mass is 32.2. The van der Waals surface area contributed by atoms with Gasteiger partial charge in [0.1, 0.15) is 0 Å². The number of hydrogen-bond acceptors (Lipinski definition) is 3. The van der Waals surface area contributed by atoms with Crippen molar-refractivity contribution >= 4 is 16.5 Å². The molecule has 0 amide bonds. The van der Waals surface area contributed by atoms with Crippen molar-refractivity contribution in [2.45, 2.75) is 25.8 Å². The number of nitrogens with zero attached hydrogens (tertiary/aromatic N) is 2. The molecule has 2 fully saturated rings.